The number of aromatic nitrogens is 2. The highest BCUT2D eigenvalue weighted by Crippen LogP contribution is 2.14. The first kappa shape index (κ1) is 13.1. The van der Waals surface area contributed by atoms with Crippen molar-refractivity contribution in [1.29, 1.82) is 0 Å². The van der Waals surface area contributed by atoms with Gasteiger partial charge in [0.15, 0.2) is 0 Å². The molecule has 1 N–H and O–H groups in total. The third-order valence-electron chi connectivity index (χ3n) is 2.63. The Balaban J connectivity index is 1.69. The van der Waals surface area contributed by atoms with E-state index in [9.17, 15) is 4.39 Å². The van der Waals surface area contributed by atoms with Gasteiger partial charge in [0.2, 0.25) is 0 Å². The summed E-state index contributed by atoms with van der Waals surface area (Å²) in [5, 5.41) is 7.74. The molecule has 3 nitrogen and oxygen atoms in total. The standard InChI is InChI=1S/C13H15ClFN3/c14-12-4-3-11(13(15)9-12)10-16-5-1-7-18-8-2-6-17-18/h2-4,6,8-9,16H,1,5,7,10H2. The van der Waals surface area contributed by atoms with Gasteiger partial charge >= 0.3 is 0 Å². The molecule has 0 saturated heterocycles. The molecule has 0 unspecified atom stereocenters. The molecular formula is C13H15ClFN3. The van der Waals surface area contributed by atoms with E-state index in [-0.39, 0.29) is 5.82 Å². The lowest BCUT2D eigenvalue weighted by molar-refractivity contribution is 0.534. The molecule has 0 bridgehead atoms. The van der Waals surface area contributed by atoms with Gasteiger partial charge in [-0.25, -0.2) is 4.39 Å². The summed E-state index contributed by atoms with van der Waals surface area (Å²) < 4.78 is 15.3. The number of nitrogens with zero attached hydrogens (tertiary/aromatic N) is 2. The minimum Gasteiger partial charge on any atom is -0.312 e. The van der Waals surface area contributed by atoms with Crippen molar-refractivity contribution in [2.75, 3.05) is 6.54 Å². The van der Waals surface area contributed by atoms with E-state index in [2.05, 4.69) is 10.4 Å². The Morgan fingerprint density at radius 3 is 3.00 bits per heavy atom. The molecule has 18 heavy (non-hydrogen) atoms. The number of aryl methyl sites for hydroxylation is 1. The highest BCUT2D eigenvalue weighted by Gasteiger charge is 2.01. The van der Waals surface area contributed by atoms with Gasteiger partial charge in [-0.2, -0.15) is 5.10 Å². The van der Waals surface area contributed by atoms with E-state index in [1.807, 2.05) is 16.9 Å². The lowest BCUT2D eigenvalue weighted by Crippen LogP contribution is -2.17. The van der Waals surface area contributed by atoms with Crippen molar-refractivity contribution in [2.45, 2.75) is 19.5 Å². The highest BCUT2D eigenvalue weighted by molar-refractivity contribution is 6.30. The van der Waals surface area contributed by atoms with Crippen LogP contribution in [0.3, 0.4) is 0 Å². The first-order valence-electron chi connectivity index (χ1n) is 5.88. The van der Waals surface area contributed by atoms with Crippen molar-refractivity contribution in [3.05, 3.63) is 53.1 Å². The fourth-order valence-electron chi connectivity index (χ4n) is 1.69. The van der Waals surface area contributed by atoms with E-state index >= 15 is 0 Å². The summed E-state index contributed by atoms with van der Waals surface area (Å²) in [4.78, 5) is 0. The molecule has 0 radical (unpaired) electrons. The molecule has 0 aliphatic heterocycles. The van der Waals surface area contributed by atoms with Crippen LogP contribution in [0.4, 0.5) is 4.39 Å². The summed E-state index contributed by atoms with van der Waals surface area (Å²) in [7, 11) is 0. The molecule has 0 spiro atoms. The van der Waals surface area contributed by atoms with Crippen molar-refractivity contribution >= 4 is 11.6 Å². The van der Waals surface area contributed by atoms with Crippen LogP contribution in [-0.2, 0) is 13.1 Å². The monoisotopic (exact) mass is 267 g/mol. The van der Waals surface area contributed by atoms with E-state index in [1.165, 1.54) is 6.07 Å². The largest absolute Gasteiger partial charge is 0.312 e. The van der Waals surface area contributed by atoms with Crippen LogP contribution in [0.5, 0.6) is 0 Å². The quantitative estimate of drug-likeness (QED) is 0.816. The van der Waals surface area contributed by atoms with E-state index < -0.39 is 0 Å². The summed E-state index contributed by atoms with van der Waals surface area (Å²) >= 11 is 5.69. The molecule has 0 fully saturated rings. The van der Waals surface area contributed by atoms with Gasteiger partial charge in [-0.15, -0.1) is 0 Å². The zero-order valence-electron chi connectivity index (χ0n) is 9.94. The number of hydrogen-bond acceptors (Lipinski definition) is 2. The molecule has 1 heterocycles. The summed E-state index contributed by atoms with van der Waals surface area (Å²) in [5.41, 5.74) is 0.637. The fourth-order valence-corrected chi connectivity index (χ4v) is 1.85. The predicted molar refractivity (Wildman–Crippen MR) is 70.0 cm³/mol. The third kappa shape index (κ3) is 3.82. The van der Waals surface area contributed by atoms with Crippen molar-refractivity contribution in [3.8, 4) is 0 Å². The van der Waals surface area contributed by atoms with Gasteiger partial charge in [-0.1, -0.05) is 17.7 Å². The second-order valence-corrected chi connectivity index (χ2v) is 4.47. The van der Waals surface area contributed by atoms with E-state index in [1.54, 1.807) is 18.3 Å². The molecule has 0 aliphatic rings. The first-order valence-corrected chi connectivity index (χ1v) is 6.25. The van der Waals surface area contributed by atoms with Crippen molar-refractivity contribution in [2.24, 2.45) is 0 Å². The fraction of sp³-hybridized carbons (Fsp3) is 0.308. The lowest BCUT2D eigenvalue weighted by Gasteiger charge is -2.06. The SMILES string of the molecule is Fc1cc(Cl)ccc1CNCCCn1cccn1. The minimum atomic E-state index is -0.262. The zero-order chi connectivity index (χ0) is 12.8. The Labute approximate surface area is 111 Å². The Hall–Kier alpha value is -1.39. The van der Waals surface area contributed by atoms with Gasteiger partial charge in [-0.3, -0.25) is 4.68 Å². The maximum atomic E-state index is 13.4. The molecule has 96 valence electrons. The van der Waals surface area contributed by atoms with E-state index in [0.717, 1.165) is 19.5 Å². The molecule has 0 saturated carbocycles. The summed E-state index contributed by atoms with van der Waals surface area (Å²) in [6.07, 6.45) is 4.65. The van der Waals surface area contributed by atoms with Crippen LogP contribution in [0.1, 0.15) is 12.0 Å². The molecule has 5 heteroatoms. The van der Waals surface area contributed by atoms with Crippen molar-refractivity contribution in [1.82, 2.24) is 15.1 Å². The Kier molecular flexibility index (Phi) is 4.73. The van der Waals surface area contributed by atoms with Gasteiger partial charge in [0.05, 0.1) is 0 Å². The zero-order valence-corrected chi connectivity index (χ0v) is 10.7. The average Bonchev–Trinajstić information content (AvgIpc) is 2.84. The van der Waals surface area contributed by atoms with Crippen molar-refractivity contribution in [3.63, 3.8) is 0 Å². The van der Waals surface area contributed by atoms with E-state index in [0.29, 0.717) is 17.1 Å². The third-order valence-corrected chi connectivity index (χ3v) is 2.87. The Morgan fingerprint density at radius 1 is 1.39 bits per heavy atom. The van der Waals surface area contributed by atoms with Gasteiger partial charge < -0.3 is 5.32 Å². The molecule has 1 aromatic carbocycles. The first-order chi connectivity index (χ1) is 8.75. The normalized spacial score (nSPS) is 10.8. The van der Waals surface area contributed by atoms with Gasteiger partial charge in [0.25, 0.3) is 0 Å². The second-order valence-electron chi connectivity index (χ2n) is 4.04. The molecule has 0 amide bonds. The van der Waals surface area contributed by atoms with Crippen LogP contribution in [0.25, 0.3) is 0 Å². The average molecular weight is 268 g/mol. The number of hydrogen-bond donors (Lipinski definition) is 1. The number of nitrogens with one attached hydrogen (secondary N) is 1. The molecule has 2 rings (SSSR count). The summed E-state index contributed by atoms with van der Waals surface area (Å²) in [6.45, 7) is 2.20. The highest BCUT2D eigenvalue weighted by atomic mass is 35.5. The topological polar surface area (TPSA) is 29.9 Å². The van der Waals surface area contributed by atoms with Crippen LogP contribution in [0, 0.1) is 5.82 Å². The van der Waals surface area contributed by atoms with Crippen LogP contribution in [0.15, 0.2) is 36.7 Å². The lowest BCUT2D eigenvalue weighted by atomic mass is 10.2. The maximum absolute atomic E-state index is 13.4. The van der Waals surface area contributed by atoms with Crippen LogP contribution in [-0.4, -0.2) is 16.3 Å². The predicted octanol–water partition coefficient (Wildman–Crippen LogP) is 2.86. The second kappa shape index (κ2) is 6.52. The van der Waals surface area contributed by atoms with Gasteiger partial charge in [0, 0.05) is 36.1 Å². The molecule has 2 aromatic rings. The minimum absolute atomic E-state index is 0.262. The van der Waals surface area contributed by atoms with E-state index in [4.69, 9.17) is 11.6 Å². The molecule has 1 aromatic heterocycles. The number of rotatable bonds is 6. The summed E-state index contributed by atoms with van der Waals surface area (Å²) in [6, 6.07) is 6.64. The van der Waals surface area contributed by atoms with Crippen molar-refractivity contribution < 1.29 is 4.39 Å². The Morgan fingerprint density at radius 2 is 2.28 bits per heavy atom. The molecular weight excluding hydrogens is 253 g/mol. The smallest absolute Gasteiger partial charge is 0.129 e. The van der Waals surface area contributed by atoms with Crippen LogP contribution < -0.4 is 5.32 Å². The van der Waals surface area contributed by atoms with Gasteiger partial charge in [-0.05, 0) is 31.2 Å². The molecule has 0 atom stereocenters. The van der Waals surface area contributed by atoms with Gasteiger partial charge in [0.1, 0.15) is 5.82 Å². The molecule has 0 aliphatic carbocycles. The van der Waals surface area contributed by atoms with Crippen LogP contribution >= 0.6 is 11.6 Å². The maximum Gasteiger partial charge on any atom is 0.129 e. The van der Waals surface area contributed by atoms with Crippen LogP contribution in [0.2, 0.25) is 5.02 Å². The number of halogens is 2. The summed E-state index contributed by atoms with van der Waals surface area (Å²) in [5.74, 6) is -0.262. The Bertz CT molecular complexity index is 485. The number of benzene rings is 1.